The molecule has 0 aromatic heterocycles. The van der Waals surface area contributed by atoms with Gasteiger partial charge in [-0.25, -0.2) is 0 Å². The molecule has 2 heterocycles. The first-order valence-electron chi connectivity index (χ1n) is 5.98. The Morgan fingerprint density at radius 3 is 2.88 bits per heavy atom. The van der Waals surface area contributed by atoms with Crippen molar-refractivity contribution in [2.75, 3.05) is 19.7 Å². The average Bonchev–Trinajstić information content (AvgIpc) is 2.77. The standard InChI is InChI=1S/C13H17NO2/c15-13(5-7-14-8-6-13)11-3-1-2-10-4-9-16-12(10)11/h1-3,14-15H,4-9H2. The molecular formula is C13H17NO2. The molecule has 0 bridgehead atoms. The average molecular weight is 219 g/mol. The summed E-state index contributed by atoms with van der Waals surface area (Å²) in [6, 6.07) is 6.13. The quantitative estimate of drug-likeness (QED) is 0.745. The highest BCUT2D eigenvalue weighted by Crippen LogP contribution is 2.40. The molecule has 0 saturated carbocycles. The van der Waals surface area contributed by atoms with Crippen LogP contribution in [0.5, 0.6) is 5.75 Å². The second-order valence-corrected chi connectivity index (χ2v) is 4.67. The van der Waals surface area contributed by atoms with Crippen molar-refractivity contribution in [1.29, 1.82) is 0 Å². The van der Waals surface area contributed by atoms with Gasteiger partial charge in [-0.15, -0.1) is 0 Å². The third-order valence-corrected chi connectivity index (χ3v) is 3.65. The Balaban J connectivity index is 2.02. The van der Waals surface area contributed by atoms with E-state index < -0.39 is 5.60 Å². The predicted molar refractivity (Wildman–Crippen MR) is 61.6 cm³/mol. The first-order valence-corrected chi connectivity index (χ1v) is 5.98. The van der Waals surface area contributed by atoms with Gasteiger partial charge < -0.3 is 15.2 Å². The normalized spacial score (nSPS) is 22.6. The van der Waals surface area contributed by atoms with Gasteiger partial charge in [0, 0.05) is 12.0 Å². The molecule has 2 aliphatic rings. The number of rotatable bonds is 1. The van der Waals surface area contributed by atoms with Crippen molar-refractivity contribution >= 4 is 0 Å². The van der Waals surface area contributed by atoms with Gasteiger partial charge in [-0.1, -0.05) is 18.2 Å². The number of para-hydroxylation sites is 1. The topological polar surface area (TPSA) is 41.5 Å². The minimum Gasteiger partial charge on any atom is -0.493 e. The Labute approximate surface area is 95.4 Å². The molecule has 2 aliphatic heterocycles. The maximum absolute atomic E-state index is 10.7. The van der Waals surface area contributed by atoms with Crippen LogP contribution in [0.4, 0.5) is 0 Å². The SMILES string of the molecule is OC1(c2cccc3c2OCC3)CCNCC1. The summed E-state index contributed by atoms with van der Waals surface area (Å²) in [5, 5.41) is 14.0. The minimum absolute atomic E-state index is 0.694. The van der Waals surface area contributed by atoms with E-state index in [0.717, 1.165) is 50.3 Å². The lowest BCUT2D eigenvalue weighted by atomic mass is 9.84. The zero-order valence-corrected chi connectivity index (χ0v) is 9.33. The van der Waals surface area contributed by atoms with Crippen LogP contribution in [0.3, 0.4) is 0 Å². The van der Waals surface area contributed by atoms with E-state index in [2.05, 4.69) is 11.4 Å². The summed E-state index contributed by atoms with van der Waals surface area (Å²) in [6.45, 7) is 2.50. The molecule has 2 N–H and O–H groups in total. The van der Waals surface area contributed by atoms with E-state index in [1.165, 1.54) is 5.56 Å². The third kappa shape index (κ3) is 1.51. The van der Waals surface area contributed by atoms with Crippen molar-refractivity contribution in [3.63, 3.8) is 0 Å². The monoisotopic (exact) mass is 219 g/mol. The summed E-state index contributed by atoms with van der Waals surface area (Å²) in [6.07, 6.45) is 2.51. The number of benzene rings is 1. The van der Waals surface area contributed by atoms with E-state index >= 15 is 0 Å². The molecule has 16 heavy (non-hydrogen) atoms. The molecule has 1 fully saturated rings. The first kappa shape index (κ1) is 10.1. The van der Waals surface area contributed by atoms with Crippen LogP contribution < -0.4 is 10.1 Å². The second-order valence-electron chi connectivity index (χ2n) is 4.67. The molecule has 1 aromatic carbocycles. The van der Waals surface area contributed by atoms with Crippen LogP contribution in [0.15, 0.2) is 18.2 Å². The molecule has 0 spiro atoms. The molecule has 86 valence electrons. The maximum Gasteiger partial charge on any atom is 0.128 e. The Morgan fingerprint density at radius 1 is 1.25 bits per heavy atom. The molecule has 0 unspecified atom stereocenters. The molecule has 0 amide bonds. The van der Waals surface area contributed by atoms with Crippen molar-refractivity contribution in [3.05, 3.63) is 29.3 Å². The van der Waals surface area contributed by atoms with E-state index in [-0.39, 0.29) is 0 Å². The van der Waals surface area contributed by atoms with Gasteiger partial charge in [-0.05, 0) is 31.5 Å². The summed E-state index contributed by atoms with van der Waals surface area (Å²) in [7, 11) is 0. The lowest BCUT2D eigenvalue weighted by Gasteiger charge is -2.33. The Morgan fingerprint density at radius 2 is 2.06 bits per heavy atom. The van der Waals surface area contributed by atoms with Gasteiger partial charge >= 0.3 is 0 Å². The zero-order chi connectivity index (χ0) is 11.0. The third-order valence-electron chi connectivity index (χ3n) is 3.65. The Kier molecular flexibility index (Phi) is 2.37. The van der Waals surface area contributed by atoms with E-state index in [0.29, 0.717) is 0 Å². The van der Waals surface area contributed by atoms with Crippen LogP contribution in [-0.4, -0.2) is 24.8 Å². The highest BCUT2D eigenvalue weighted by Gasteiger charge is 2.35. The van der Waals surface area contributed by atoms with Crippen molar-refractivity contribution < 1.29 is 9.84 Å². The second kappa shape index (κ2) is 3.75. The number of aliphatic hydroxyl groups is 1. The van der Waals surface area contributed by atoms with Gasteiger partial charge in [0.1, 0.15) is 5.75 Å². The van der Waals surface area contributed by atoms with E-state index in [1.807, 2.05) is 12.1 Å². The molecule has 3 heteroatoms. The highest BCUT2D eigenvalue weighted by molar-refractivity contribution is 5.47. The number of hydrogen-bond acceptors (Lipinski definition) is 3. The maximum atomic E-state index is 10.7. The number of ether oxygens (including phenoxy) is 1. The van der Waals surface area contributed by atoms with Crippen LogP contribution in [0.2, 0.25) is 0 Å². The smallest absolute Gasteiger partial charge is 0.128 e. The highest BCUT2D eigenvalue weighted by atomic mass is 16.5. The predicted octanol–water partition coefficient (Wildman–Crippen LogP) is 1.19. The number of nitrogens with one attached hydrogen (secondary N) is 1. The molecule has 0 atom stereocenters. The van der Waals surface area contributed by atoms with Gasteiger partial charge in [0.2, 0.25) is 0 Å². The van der Waals surface area contributed by atoms with Crippen LogP contribution in [-0.2, 0) is 12.0 Å². The van der Waals surface area contributed by atoms with Crippen molar-refractivity contribution in [2.24, 2.45) is 0 Å². The first-order chi connectivity index (χ1) is 7.80. The van der Waals surface area contributed by atoms with Crippen LogP contribution in [0.25, 0.3) is 0 Å². The largest absolute Gasteiger partial charge is 0.493 e. The fourth-order valence-electron chi connectivity index (χ4n) is 2.69. The summed E-state index contributed by atoms with van der Waals surface area (Å²) < 4.78 is 5.67. The fraction of sp³-hybridized carbons (Fsp3) is 0.538. The number of hydrogen-bond donors (Lipinski definition) is 2. The lowest BCUT2D eigenvalue weighted by molar-refractivity contribution is 0.00390. The Bertz CT molecular complexity index is 397. The van der Waals surface area contributed by atoms with Crippen LogP contribution >= 0.6 is 0 Å². The number of piperidine rings is 1. The summed E-state index contributed by atoms with van der Waals surface area (Å²) >= 11 is 0. The molecule has 3 rings (SSSR count). The zero-order valence-electron chi connectivity index (χ0n) is 9.33. The van der Waals surface area contributed by atoms with E-state index in [9.17, 15) is 5.11 Å². The minimum atomic E-state index is -0.694. The van der Waals surface area contributed by atoms with Crippen LogP contribution in [0, 0.1) is 0 Å². The van der Waals surface area contributed by atoms with Crippen LogP contribution in [0.1, 0.15) is 24.0 Å². The van der Waals surface area contributed by atoms with Gasteiger partial charge in [0.15, 0.2) is 0 Å². The molecule has 1 aromatic rings. The van der Waals surface area contributed by atoms with Crippen molar-refractivity contribution in [3.8, 4) is 5.75 Å². The van der Waals surface area contributed by atoms with Gasteiger partial charge in [0.05, 0.1) is 12.2 Å². The van der Waals surface area contributed by atoms with Crippen molar-refractivity contribution in [1.82, 2.24) is 5.32 Å². The van der Waals surface area contributed by atoms with Gasteiger partial charge in [-0.2, -0.15) is 0 Å². The van der Waals surface area contributed by atoms with E-state index in [1.54, 1.807) is 0 Å². The molecule has 1 saturated heterocycles. The summed E-state index contributed by atoms with van der Waals surface area (Å²) in [4.78, 5) is 0. The van der Waals surface area contributed by atoms with Gasteiger partial charge in [-0.3, -0.25) is 0 Å². The molecule has 3 nitrogen and oxygen atoms in total. The molecular weight excluding hydrogens is 202 g/mol. The Hall–Kier alpha value is -1.06. The van der Waals surface area contributed by atoms with Crippen molar-refractivity contribution in [2.45, 2.75) is 24.9 Å². The lowest BCUT2D eigenvalue weighted by Crippen LogP contribution is -2.39. The molecule has 0 aliphatic carbocycles. The van der Waals surface area contributed by atoms with Gasteiger partial charge in [0.25, 0.3) is 0 Å². The fourth-order valence-corrected chi connectivity index (χ4v) is 2.69. The molecule has 0 radical (unpaired) electrons. The van der Waals surface area contributed by atoms with E-state index in [4.69, 9.17) is 4.74 Å². The summed E-state index contributed by atoms with van der Waals surface area (Å²) in [5.41, 5.74) is 1.54. The number of fused-ring (bicyclic) bond motifs is 1. The summed E-state index contributed by atoms with van der Waals surface area (Å²) in [5.74, 6) is 0.937.